The molecule has 1 atom stereocenters. The summed E-state index contributed by atoms with van der Waals surface area (Å²) in [5, 5.41) is 7.68. The van der Waals surface area contributed by atoms with Gasteiger partial charge in [0.05, 0.1) is 17.2 Å². The van der Waals surface area contributed by atoms with Crippen LogP contribution in [-0.4, -0.2) is 11.9 Å². The Bertz CT molecular complexity index is 973. The highest BCUT2D eigenvalue weighted by molar-refractivity contribution is 9.10. The number of nitrogens with one attached hydrogen (secondary N) is 3. The summed E-state index contributed by atoms with van der Waals surface area (Å²) in [6, 6.07) is 10.2. The predicted molar refractivity (Wildman–Crippen MR) is 101 cm³/mol. The molecule has 1 aliphatic rings. The SMILES string of the molecule is CC1=C(C(=O)Nc2cccc(C(F)(F)F)c2)C(c2cccc(Br)c2)NC(=O)N1. The average Bonchev–Trinajstić information content (AvgIpc) is 2.60. The topological polar surface area (TPSA) is 70.2 Å². The number of benzene rings is 2. The van der Waals surface area contributed by atoms with Crippen molar-refractivity contribution in [1.82, 2.24) is 10.6 Å². The molecule has 28 heavy (non-hydrogen) atoms. The maximum atomic E-state index is 12.9. The molecule has 3 N–H and O–H groups in total. The molecule has 0 bridgehead atoms. The molecule has 0 fully saturated rings. The highest BCUT2D eigenvalue weighted by atomic mass is 79.9. The van der Waals surface area contributed by atoms with Crippen molar-refractivity contribution in [3.8, 4) is 0 Å². The Morgan fingerprint density at radius 3 is 2.54 bits per heavy atom. The van der Waals surface area contributed by atoms with E-state index in [2.05, 4.69) is 31.9 Å². The lowest BCUT2D eigenvalue weighted by Gasteiger charge is -2.28. The average molecular weight is 454 g/mol. The molecule has 1 heterocycles. The fourth-order valence-electron chi connectivity index (χ4n) is 2.90. The van der Waals surface area contributed by atoms with Crippen molar-refractivity contribution in [2.45, 2.75) is 19.1 Å². The third-order valence-corrected chi connectivity index (χ3v) is 4.64. The van der Waals surface area contributed by atoms with E-state index in [0.29, 0.717) is 11.3 Å². The van der Waals surface area contributed by atoms with Crippen molar-refractivity contribution in [2.75, 3.05) is 5.32 Å². The van der Waals surface area contributed by atoms with Crippen LogP contribution in [0.4, 0.5) is 23.7 Å². The van der Waals surface area contributed by atoms with Crippen LogP contribution in [0.1, 0.15) is 24.1 Å². The second-order valence-electron chi connectivity index (χ2n) is 6.16. The van der Waals surface area contributed by atoms with Gasteiger partial charge in [-0.3, -0.25) is 4.79 Å². The van der Waals surface area contributed by atoms with Gasteiger partial charge in [-0.2, -0.15) is 13.2 Å². The number of hydrogen-bond donors (Lipinski definition) is 3. The number of amides is 3. The van der Waals surface area contributed by atoms with Crippen molar-refractivity contribution < 1.29 is 22.8 Å². The molecular weight excluding hydrogens is 439 g/mol. The van der Waals surface area contributed by atoms with Gasteiger partial charge in [-0.25, -0.2) is 4.79 Å². The number of anilines is 1. The first-order valence-electron chi connectivity index (χ1n) is 8.17. The van der Waals surface area contributed by atoms with Gasteiger partial charge < -0.3 is 16.0 Å². The van der Waals surface area contributed by atoms with Crippen LogP contribution in [0, 0.1) is 0 Å². The number of rotatable bonds is 3. The monoisotopic (exact) mass is 453 g/mol. The van der Waals surface area contributed by atoms with E-state index in [0.717, 1.165) is 16.6 Å². The zero-order valence-electron chi connectivity index (χ0n) is 14.5. The number of halogens is 4. The van der Waals surface area contributed by atoms with Gasteiger partial charge in [0.1, 0.15) is 0 Å². The molecule has 0 spiro atoms. The molecule has 2 aromatic carbocycles. The summed E-state index contributed by atoms with van der Waals surface area (Å²) in [7, 11) is 0. The van der Waals surface area contributed by atoms with E-state index in [1.54, 1.807) is 31.2 Å². The molecule has 0 saturated heterocycles. The highest BCUT2D eigenvalue weighted by Gasteiger charge is 2.33. The Balaban J connectivity index is 1.94. The lowest BCUT2D eigenvalue weighted by molar-refractivity contribution is -0.137. The van der Waals surface area contributed by atoms with Crippen molar-refractivity contribution in [1.29, 1.82) is 0 Å². The first kappa shape index (κ1) is 19.9. The second-order valence-corrected chi connectivity index (χ2v) is 7.07. The molecule has 9 heteroatoms. The smallest absolute Gasteiger partial charge is 0.327 e. The van der Waals surface area contributed by atoms with Crippen molar-refractivity contribution >= 4 is 33.6 Å². The zero-order chi connectivity index (χ0) is 20.5. The van der Waals surface area contributed by atoms with Gasteiger partial charge in [0, 0.05) is 15.9 Å². The Morgan fingerprint density at radius 2 is 1.86 bits per heavy atom. The molecule has 3 rings (SSSR count). The summed E-state index contributed by atoms with van der Waals surface area (Å²) in [5.74, 6) is -0.616. The summed E-state index contributed by atoms with van der Waals surface area (Å²) >= 11 is 3.34. The van der Waals surface area contributed by atoms with Gasteiger partial charge in [0.25, 0.3) is 5.91 Å². The van der Waals surface area contributed by atoms with Gasteiger partial charge in [0.2, 0.25) is 0 Å². The maximum absolute atomic E-state index is 12.9. The van der Waals surface area contributed by atoms with E-state index >= 15 is 0 Å². The maximum Gasteiger partial charge on any atom is 0.416 e. The van der Waals surface area contributed by atoms with Crippen molar-refractivity contribution in [3.05, 3.63) is 75.4 Å². The predicted octanol–water partition coefficient (Wildman–Crippen LogP) is 4.73. The van der Waals surface area contributed by atoms with Crippen LogP contribution in [0.25, 0.3) is 0 Å². The summed E-state index contributed by atoms with van der Waals surface area (Å²) in [6.45, 7) is 1.56. The summed E-state index contributed by atoms with van der Waals surface area (Å²) < 4.78 is 39.5. The Morgan fingerprint density at radius 1 is 1.14 bits per heavy atom. The minimum atomic E-state index is -4.52. The van der Waals surface area contributed by atoms with Crippen LogP contribution in [0.3, 0.4) is 0 Å². The molecule has 0 radical (unpaired) electrons. The zero-order valence-corrected chi connectivity index (χ0v) is 16.1. The van der Waals surface area contributed by atoms with Gasteiger partial charge in [-0.05, 0) is 42.8 Å². The number of carbonyl (C=O) groups is 2. The minimum Gasteiger partial charge on any atom is -0.327 e. The van der Waals surface area contributed by atoms with Gasteiger partial charge in [0.15, 0.2) is 0 Å². The normalized spacial score (nSPS) is 17.0. The van der Waals surface area contributed by atoms with E-state index in [-0.39, 0.29) is 11.3 Å². The fourth-order valence-corrected chi connectivity index (χ4v) is 3.32. The first-order valence-corrected chi connectivity index (χ1v) is 8.97. The Hall–Kier alpha value is -2.81. The van der Waals surface area contributed by atoms with Crippen LogP contribution in [0.5, 0.6) is 0 Å². The third-order valence-electron chi connectivity index (χ3n) is 4.14. The van der Waals surface area contributed by atoms with E-state index in [9.17, 15) is 22.8 Å². The molecule has 0 saturated carbocycles. The second kappa shape index (κ2) is 7.67. The lowest BCUT2D eigenvalue weighted by atomic mass is 9.95. The van der Waals surface area contributed by atoms with E-state index in [1.165, 1.54) is 12.1 Å². The van der Waals surface area contributed by atoms with Gasteiger partial charge in [-0.15, -0.1) is 0 Å². The summed E-state index contributed by atoms with van der Waals surface area (Å²) in [4.78, 5) is 24.8. The fraction of sp³-hybridized carbons (Fsp3) is 0.158. The van der Waals surface area contributed by atoms with Crippen LogP contribution in [-0.2, 0) is 11.0 Å². The summed E-state index contributed by atoms with van der Waals surface area (Å²) in [5.41, 5.74) is 0.311. The molecule has 0 aromatic heterocycles. The lowest BCUT2D eigenvalue weighted by Crippen LogP contribution is -2.46. The number of hydrogen-bond acceptors (Lipinski definition) is 2. The molecule has 1 aliphatic heterocycles. The molecule has 146 valence electrons. The molecule has 0 aliphatic carbocycles. The number of carbonyl (C=O) groups excluding carboxylic acids is 2. The number of urea groups is 1. The Labute approximate surface area is 167 Å². The molecule has 5 nitrogen and oxygen atoms in total. The first-order chi connectivity index (χ1) is 13.1. The van der Waals surface area contributed by atoms with E-state index in [1.807, 2.05) is 0 Å². The highest BCUT2D eigenvalue weighted by Crippen LogP contribution is 2.32. The quantitative estimate of drug-likeness (QED) is 0.628. The minimum absolute atomic E-state index is 0.00465. The van der Waals surface area contributed by atoms with Crippen LogP contribution < -0.4 is 16.0 Å². The van der Waals surface area contributed by atoms with Crippen LogP contribution in [0.15, 0.2) is 64.3 Å². The number of allylic oxidation sites excluding steroid dienone is 1. The number of alkyl halides is 3. The molecule has 3 amide bonds. The van der Waals surface area contributed by atoms with E-state index in [4.69, 9.17) is 0 Å². The van der Waals surface area contributed by atoms with Crippen molar-refractivity contribution in [3.63, 3.8) is 0 Å². The molecule has 1 unspecified atom stereocenters. The van der Waals surface area contributed by atoms with Crippen molar-refractivity contribution in [2.24, 2.45) is 0 Å². The van der Waals surface area contributed by atoms with E-state index < -0.39 is 29.7 Å². The summed E-state index contributed by atoms with van der Waals surface area (Å²) in [6.07, 6.45) is -4.52. The standard InChI is InChI=1S/C19H15BrF3N3O2/c1-10-15(16(26-18(28)24-10)11-4-2-6-13(20)8-11)17(27)25-14-7-3-5-12(9-14)19(21,22)23/h2-9,16H,1H3,(H,25,27)(H2,24,26,28). The third kappa shape index (κ3) is 4.36. The largest absolute Gasteiger partial charge is 0.416 e. The van der Waals surface area contributed by atoms with Gasteiger partial charge in [-0.1, -0.05) is 34.1 Å². The molecular formula is C19H15BrF3N3O2. The van der Waals surface area contributed by atoms with Gasteiger partial charge >= 0.3 is 12.2 Å². The van der Waals surface area contributed by atoms with Crippen LogP contribution >= 0.6 is 15.9 Å². The van der Waals surface area contributed by atoms with Crippen LogP contribution in [0.2, 0.25) is 0 Å². The Kier molecular flexibility index (Phi) is 5.46. The molecule has 2 aromatic rings.